The first-order chi connectivity index (χ1) is 7.15. The lowest BCUT2D eigenvalue weighted by Crippen LogP contribution is -2.36. The van der Waals surface area contributed by atoms with Gasteiger partial charge in [-0.25, -0.2) is 0 Å². The first-order valence-corrected chi connectivity index (χ1v) is 4.84. The molecule has 1 atom stereocenters. The molecule has 0 N–H and O–H groups in total. The van der Waals surface area contributed by atoms with Gasteiger partial charge in [0.15, 0.2) is 0 Å². The van der Waals surface area contributed by atoms with Crippen LogP contribution in [0.2, 0.25) is 0 Å². The fourth-order valence-corrected chi connectivity index (χ4v) is 1.90. The maximum atomic E-state index is 11.6. The smallest absolute Gasteiger partial charge is 0.320 e. The van der Waals surface area contributed by atoms with Crippen molar-refractivity contribution in [3.63, 3.8) is 0 Å². The van der Waals surface area contributed by atoms with Crippen molar-refractivity contribution < 1.29 is 18.7 Å². The molecule has 1 unspecified atom stereocenters. The largest absolute Gasteiger partial charge is 0.472 e. The molecule has 1 aromatic heterocycles. The van der Waals surface area contributed by atoms with E-state index in [1.165, 1.54) is 13.2 Å². The Balaban J connectivity index is 2.28. The summed E-state index contributed by atoms with van der Waals surface area (Å²) >= 11 is 0. The van der Waals surface area contributed by atoms with Gasteiger partial charge in [0.25, 0.3) is 0 Å². The van der Waals surface area contributed by atoms with Crippen molar-refractivity contribution in [3.05, 3.63) is 24.2 Å². The minimum Gasteiger partial charge on any atom is -0.472 e. The number of ether oxygens (including phenoxy) is 1. The van der Waals surface area contributed by atoms with Crippen LogP contribution in [0, 0.1) is 5.41 Å². The van der Waals surface area contributed by atoms with E-state index >= 15 is 0 Å². The van der Waals surface area contributed by atoms with Crippen molar-refractivity contribution >= 4 is 11.8 Å². The molecule has 1 aliphatic heterocycles. The molecule has 2 rings (SSSR count). The predicted octanol–water partition coefficient (Wildman–Crippen LogP) is 1.34. The Morgan fingerprint density at radius 1 is 1.60 bits per heavy atom. The number of cyclic esters (lactones) is 1. The number of hydrogen-bond acceptors (Lipinski definition) is 4. The van der Waals surface area contributed by atoms with Gasteiger partial charge in [0, 0.05) is 6.42 Å². The number of ketones is 1. The van der Waals surface area contributed by atoms with Gasteiger partial charge in [-0.05, 0) is 25.0 Å². The van der Waals surface area contributed by atoms with E-state index in [0.717, 1.165) is 5.56 Å². The summed E-state index contributed by atoms with van der Waals surface area (Å²) in [6, 6.07) is 1.76. The van der Waals surface area contributed by atoms with Crippen molar-refractivity contribution in [1.82, 2.24) is 0 Å². The van der Waals surface area contributed by atoms with E-state index in [0.29, 0.717) is 19.4 Å². The molecule has 2 heterocycles. The predicted molar refractivity (Wildman–Crippen MR) is 51.1 cm³/mol. The molecule has 1 saturated heterocycles. The van der Waals surface area contributed by atoms with Crippen LogP contribution in [0.4, 0.5) is 0 Å². The SMILES string of the molecule is CC(=O)C1(Cc2ccoc2)CCOC1=O. The molecule has 4 nitrogen and oxygen atoms in total. The summed E-state index contributed by atoms with van der Waals surface area (Å²) < 4.78 is 9.81. The molecule has 1 aromatic rings. The Kier molecular flexibility index (Phi) is 2.34. The monoisotopic (exact) mass is 208 g/mol. The third-order valence-electron chi connectivity index (χ3n) is 2.91. The normalized spacial score (nSPS) is 25.3. The van der Waals surface area contributed by atoms with Crippen LogP contribution < -0.4 is 0 Å². The molecular weight excluding hydrogens is 196 g/mol. The number of furan rings is 1. The van der Waals surface area contributed by atoms with Gasteiger partial charge in [0.1, 0.15) is 11.2 Å². The first kappa shape index (κ1) is 9.96. The summed E-state index contributed by atoms with van der Waals surface area (Å²) in [5.41, 5.74) is -0.131. The van der Waals surface area contributed by atoms with E-state index in [1.807, 2.05) is 0 Å². The molecule has 0 aliphatic carbocycles. The molecule has 15 heavy (non-hydrogen) atoms. The molecule has 0 amide bonds. The van der Waals surface area contributed by atoms with Crippen LogP contribution in [0.1, 0.15) is 18.9 Å². The lowest BCUT2D eigenvalue weighted by molar-refractivity contribution is -0.150. The molecular formula is C11H12O4. The standard InChI is InChI=1S/C11H12O4/c1-8(12)11(3-5-15-10(11)13)6-9-2-4-14-7-9/h2,4,7H,3,5-6H2,1H3. The highest BCUT2D eigenvalue weighted by atomic mass is 16.5. The summed E-state index contributed by atoms with van der Waals surface area (Å²) in [5.74, 6) is -0.539. The Hall–Kier alpha value is -1.58. The minimum atomic E-state index is -0.982. The van der Waals surface area contributed by atoms with E-state index in [2.05, 4.69) is 0 Å². The number of Topliss-reactive ketones (excluding diaryl/α,β-unsaturated/α-hetero) is 1. The quantitative estimate of drug-likeness (QED) is 0.555. The summed E-state index contributed by atoms with van der Waals surface area (Å²) in [4.78, 5) is 23.2. The van der Waals surface area contributed by atoms with E-state index < -0.39 is 11.4 Å². The zero-order chi connectivity index (χ0) is 10.9. The van der Waals surface area contributed by atoms with Crippen LogP contribution in [0.5, 0.6) is 0 Å². The van der Waals surface area contributed by atoms with E-state index in [9.17, 15) is 9.59 Å². The number of rotatable bonds is 3. The number of esters is 1. The Morgan fingerprint density at radius 2 is 2.40 bits per heavy atom. The third-order valence-corrected chi connectivity index (χ3v) is 2.91. The fourth-order valence-electron chi connectivity index (χ4n) is 1.90. The van der Waals surface area contributed by atoms with Crippen molar-refractivity contribution in [2.45, 2.75) is 19.8 Å². The van der Waals surface area contributed by atoms with Crippen LogP contribution in [-0.2, 0) is 20.7 Å². The Morgan fingerprint density at radius 3 is 2.87 bits per heavy atom. The number of carbonyl (C=O) groups is 2. The molecule has 0 bridgehead atoms. The zero-order valence-corrected chi connectivity index (χ0v) is 8.49. The van der Waals surface area contributed by atoms with Gasteiger partial charge < -0.3 is 9.15 Å². The first-order valence-electron chi connectivity index (χ1n) is 4.84. The van der Waals surface area contributed by atoms with Crippen molar-refractivity contribution in [2.24, 2.45) is 5.41 Å². The van der Waals surface area contributed by atoms with Crippen molar-refractivity contribution in [2.75, 3.05) is 6.61 Å². The maximum absolute atomic E-state index is 11.6. The zero-order valence-electron chi connectivity index (χ0n) is 8.49. The van der Waals surface area contributed by atoms with E-state index in [1.54, 1.807) is 12.3 Å². The molecule has 1 fully saturated rings. The van der Waals surface area contributed by atoms with Crippen LogP contribution in [0.25, 0.3) is 0 Å². The minimum absolute atomic E-state index is 0.133. The van der Waals surface area contributed by atoms with Gasteiger partial charge in [0.2, 0.25) is 0 Å². The van der Waals surface area contributed by atoms with Crippen LogP contribution in [0.3, 0.4) is 0 Å². The highest BCUT2D eigenvalue weighted by Crippen LogP contribution is 2.35. The number of carbonyl (C=O) groups excluding carboxylic acids is 2. The van der Waals surface area contributed by atoms with Crippen molar-refractivity contribution in [3.8, 4) is 0 Å². The van der Waals surface area contributed by atoms with Crippen LogP contribution >= 0.6 is 0 Å². The second-order valence-corrected chi connectivity index (χ2v) is 3.83. The van der Waals surface area contributed by atoms with Gasteiger partial charge >= 0.3 is 5.97 Å². The average molecular weight is 208 g/mol. The maximum Gasteiger partial charge on any atom is 0.320 e. The lowest BCUT2D eigenvalue weighted by Gasteiger charge is -2.19. The van der Waals surface area contributed by atoms with Gasteiger partial charge in [0.05, 0.1) is 19.1 Å². The van der Waals surface area contributed by atoms with Gasteiger partial charge in [-0.3, -0.25) is 9.59 Å². The van der Waals surface area contributed by atoms with E-state index in [4.69, 9.17) is 9.15 Å². The third kappa shape index (κ3) is 1.56. The van der Waals surface area contributed by atoms with Crippen LogP contribution in [0.15, 0.2) is 23.0 Å². The summed E-state index contributed by atoms with van der Waals surface area (Å²) in [6.45, 7) is 1.77. The summed E-state index contributed by atoms with van der Waals surface area (Å²) in [5, 5.41) is 0. The second-order valence-electron chi connectivity index (χ2n) is 3.83. The highest BCUT2D eigenvalue weighted by molar-refractivity contribution is 6.04. The summed E-state index contributed by atoms with van der Waals surface area (Å²) in [6.07, 6.45) is 3.92. The Bertz CT molecular complexity index is 379. The molecule has 4 heteroatoms. The molecule has 80 valence electrons. The molecule has 0 aromatic carbocycles. The molecule has 0 spiro atoms. The van der Waals surface area contributed by atoms with Crippen molar-refractivity contribution in [1.29, 1.82) is 0 Å². The fraction of sp³-hybridized carbons (Fsp3) is 0.455. The second kappa shape index (κ2) is 3.53. The average Bonchev–Trinajstić information content (AvgIpc) is 2.78. The molecule has 0 radical (unpaired) electrons. The molecule has 0 saturated carbocycles. The van der Waals surface area contributed by atoms with Crippen LogP contribution in [-0.4, -0.2) is 18.4 Å². The Labute approximate surface area is 87.2 Å². The van der Waals surface area contributed by atoms with Gasteiger partial charge in [-0.1, -0.05) is 0 Å². The highest BCUT2D eigenvalue weighted by Gasteiger charge is 2.48. The number of hydrogen-bond donors (Lipinski definition) is 0. The van der Waals surface area contributed by atoms with E-state index in [-0.39, 0.29) is 5.78 Å². The van der Waals surface area contributed by atoms with Gasteiger partial charge in [-0.2, -0.15) is 0 Å². The molecule has 1 aliphatic rings. The van der Waals surface area contributed by atoms with Gasteiger partial charge in [-0.15, -0.1) is 0 Å². The topological polar surface area (TPSA) is 56.5 Å². The lowest BCUT2D eigenvalue weighted by atomic mass is 9.77. The summed E-state index contributed by atoms with van der Waals surface area (Å²) in [7, 11) is 0.